The van der Waals surface area contributed by atoms with Crippen molar-refractivity contribution in [3.63, 3.8) is 0 Å². The third-order valence-corrected chi connectivity index (χ3v) is 3.89. The van der Waals surface area contributed by atoms with Crippen LogP contribution in [0.5, 0.6) is 0 Å². The molecule has 0 spiro atoms. The van der Waals surface area contributed by atoms with Gasteiger partial charge in [0.1, 0.15) is 5.76 Å². The van der Waals surface area contributed by atoms with Gasteiger partial charge in [-0.15, -0.1) is 5.92 Å². The van der Waals surface area contributed by atoms with E-state index in [-0.39, 0.29) is 5.92 Å². The van der Waals surface area contributed by atoms with Crippen molar-refractivity contribution in [2.75, 3.05) is 0 Å². The Morgan fingerprint density at radius 1 is 1.00 bits per heavy atom. The van der Waals surface area contributed by atoms with Crippen molar-refractivity contribution in [1.29, 1.82) is 0 Å². The second kappa shape index (κ2) is 10.4. The minimum absolute atomic E-state index is 0.0813. The summed E-state index contributed by atoms with van der Waals surface area (Å²) in [5.74, 6) is 1.02. The summed E-state index contributed by atoms with van der Waals surface area (Å²) in [6, 6.07) is 20.6. The molecule has 2 aromatic carbocycles. The Morgan fingerprint density at radius 3 is 1.96 bits per heavy atom. The average Bonchev–Trinajstić information content (AvgIpc) is 2.56. The molecule has 0 amide bonds. The second-order valence-electron chi connectivity index (χ2n) is 6.13. The second-order valence-corrected chi connectivity index (χ2v) is 10.6. The maximum absolute atomic E-state index is 6.28. The Morgan fingerprint density at radius 2 is 1.48 bits per heavy atom. The van der Waals surface area contributed by atoms with E-state index in [1.54, 1.807) is 0 Å². The van der Waals surface area contributed by atoms with Gasteiger partial charge >= 0.3 is 34.5 Å². The molecule has 0 N–H and O–H groups in total. The van der Waals surface area contributed by atoms with Crippen LogP contribution in [0.3, 0.4) is 0 Å². The number of rotatable bonds is 5. The van der Waals surface area contributed by atoms with Gasteiger partial charge in [0, 0.05) is 5.56 Å². The van der Waals surface area contributed by atoms with Crippen LogP contribution < -0.4 is 0 Å². The van der Waals surface area contributed by atoms with Gasteiger partial charge < -0.3 is 11.3 Å². The summed E-state index contributed by atoms with van der Waals surface area (Å²) in [7, 11) is -1.67. The molecule has 0 saturated heterocycles. The van der Waals surface area contributed by atoms with Gasteiger partial charge in [0.05, 0.1) is 0 Å². The Hall–Kier alpha value is -0.450. The molecule has 1 unspecified atom stereocenters. The third-order valence-electron chi connectivity index (χ3n) is 3.05. The van der Waals surface area contributed by atoms with Crippen molar-refractivity contribution in [3.05, 3.63) is 84.8 Å². The van der Waals surface area contributed by atoms with Gasteiger partial charge in [-0.25, -0.2) is 0 Å². The molecule has 2 rings (SSSR count). The Balaban J connectivity index is 0.00000127. The molecule has 0 aliphatic rings. The van der Waals surface area contributed by atoms with Gasteiger partial charge in [0.25, 0.3) is 0 Å². The summed E-state index contributed by atoms with van der Waals surface area (Å²) in [4.78, 5) is 0. The molecule has 0 aromatic heterocycles. The van der Waals surface area contributed by atoms with E-state index in [4.69, 9.17) is 4.43 Å². The molecule has 0 fully saturated rings. The Bertz CT molecular complexity index is 594. The summed E-state index contributed by atoms with van der Waals surface area (Å²) < 4.78 is 6.28. The van der Waals surface area contributed by atoms with Gasteiger partial charge in [0.15, 0.2) is 0 Å². The van der Waals surface area contributed by atoms with Crippen LogP contribution >= 0.6 is 19.8 Å². The van der Waals surface area contributed by atoms with Crippen LogP contribution in [-0.2, 0) is 19.2 Å². The molecular formula is C19H23IOSiZn. The number of benzene rings is 2. The monoisotopic (exact) mass is 486 g/mol. The molecule has 23 heavy (non-hydrogen) atoms. The van der Waals surface area contributed by atoms with Crippen molar-refractivity contribution < 1.29 is 19.2 Å². The summed E-state index contributed by atoms with van der Waals surface area (Å²) in [6.45, 7) is 10.9. The van der Waals surface area contributed by atoms with Crippen LogP contribution in [0.4, 0.5) is 0 Å². The van der Waals surface area contributed by atoms with Crippen molar-refractivity contribution in [2.24, 2.45) is 0 Å². The molecule has 0 bridgehead atoms. The maximum atomic E-state index is 6.28. The zero-order chi connectivity index (χ0) is 17.3. The quantitative estimate of drug-likeness (QED) is 0.206. The average molecular weight is 488 g/mol. The molecule has 0 radical (unpaired) electrons. The van der Waals surface area contributed by atoms with E-state index < -0.39 is 8.32 Å². The van der Waals surface area contributed by atoms with Gasteiger partial charge in [0.2, 0.25) is 8.32 Å². The van der Waals surface area contributed by atoms with E-state index in [0.717, 1.165) is 11.3 Å². The van der Waals surface area contributed by atoms with Crippen molar-refractivity contribution >= 4 is 33.8 Å². The molecule has 118 valence electrons. The normalized spacial score (nSPS) is 12.9. The standard InChI is InChI=1S/C19H23OSi.HI.Zn/c1-16(17-11-7-5-8-12-17)15-19(20-21(2,3)4)18-13-9-6-10-14-18;;/h5-16H,1H2,2-4H3;1H;/q-1;;+2/p-1/b19-15-;;. The SMILES string of the molecule is [CH2-]C(/C=C(\O[Si](C)(C)C)c1ccccc1)c1ccccc1.[Zn+][I]. The molecule has 0 aliphatic carbocycles. The molecule has 1 atom stereocenters. The predicted octanol–water partition coefficient (Wildman–Crippen LogP) is 6.38. The van der Waals surface area contributed by atoms with E-state index >= 15 is 0 Å². The summed E-state index contributed by atoms with van der Waals surface area (Å²) >= 11 is 3.62. The molecule has 2 aromatic rings. The van der Waals surface area contributed by atoms with E-state index in [9.17, 15) is 0 Å². The molecule has 4 heteroatoms. The predicted molar refractivity (Wildman–Crippen MR) is 107 cm³/mol. The van der Waals surface area contributed by atoms with Gasteiger partial charge in [-0.1, -0.05) is 72.3 Å². The minimum atomic E-state index is -1.67. The molecule has 0 aliphatic heterocycles. The zero-order valence-electron chi connectivity index (χ0n) is 14.1. The van der Waals surface area contributed by atoms with Crippen LogP contribution in [0.25, 0.3) is 5.76 Å². The van der Waals surface area contributed by atoms with Crippen molar-refractivity contribution in [3.8, 4) is 0 Å². The fraction of sp³-hybridized carbons (Fsp3) is 0.211. The van der Waals surface area contributed by atoms with Crippen molar-refractivity contribution in [2.45, 2.75) is 25.6 Å². The molecular weight excluding hydrogens is 465 g/mol. The number of allylic oxidation sites excluding steroid dienone is 1. The van der Waals surface area contributed by atoms with Crippen LogP contribution in [0.2, 0.25) is 19.6 Å². The van der Waals surface area contributed by atoms with E-state index in [1.807, 2.05) is 36.4 Å². The van der Waals surface area contributed by atoms with Crippen LogP contribution in [0.1, 0.15) is 17.0 Å². The third kappa shape index (κ3) is 7.77. The fourth-order valence-electron chi connectivity index (χ4n) is 2.10. The number of halogens is 1. The fourth-order valence-corrected chi connectivity index (χ4v) is 2.95. The van der Waals surface area contributed by atoms with E-state index in [1.165, 1.54) is 20.4 Å². The summed E-state index contributed by atoms with van der Waals surface area (Å²) in [5, 5.41) is 0. The van der Waals surface area contributed by atoms with Crippen LogP contribution in [0, 0.1) is 6.92 Å². The van der Waals surface area contributed by atoms with Crippen LogP contribution in [0.15, 0.2) is 66.7 Å². The van der Waals surface area contributed by atoms with Gasteiger partial charge in [-0.3, -0.25) is 0 Å². The first-order valence-electron chi connectivity index (χ1n) is 7.57. The zero-order valence-corrected chi connectivity index (χ0v) is 20.3. The first kappa shape index (κ1) is 20.6. The number of hydrogen-bond acceptors (Lipinski definition) is 1. The summed E-state index contributed by atoms with van der Waals surface area (Å²) in [6.07, 6.45) is 2.13. The van der Waals surface area contributed by atoms with Crippen LogP contribution in [-0.4, -0.2) is 8.32 Å². The van der Waals surface area contributed by atoms with Crippen molar-refractivity contribution in [1.82, 2.24) is 0 Å². The van der Waals surface area contributed by atoms with E-state index in [2.05, 4.69) is 76.7 Å². The summed E-state index contributed by atoms with van der Waals surface area (Å²) in [5.41, 5.74) is 2.31. The molecule has 1 nitrogen and oxygen atoms in total. The first-order valence-corrected chi connectivity index (χ1v) is 20.0. The molecule has 0 saturated carbocycles. The van der Waals surface area contributed by atoms with E-state index in [0.29, 0.717) is 0 Å². The Kier molecular flexibility index (Phi) is 9.33. The first-order chi connectivity index (χ1) is 11.0. The van der Waals surface area contributed by atoms with Gasteiger partial charge in [-0.2, -0.15) is 0 Å². The molecule has 0 heterocycles. The topological polar surface area (TPSA) is 9.23 Å². The Labute approximate surface area is 162 Å². The number of hydrogen-bond donors (Lipinski definition) is 0. The van der Waals surface area contributed by atoms with Gasteiger partial charge in [-0.05, 0) is 19.6 Å².